The molecule has 1 N–H and O–H groups in total. The number of hydrogen-bond donors (Lipinski definition) is 1. The zero-order valence-corrected chi connectivity index (χ0v) is 10.5. The number of imide groups is 1. The highest BCUT2D eigenvalue weighted by molar-refractivity contribution is 6.08. The molecule has 3 aliphatic rings. The standard InChI is InChI=1S/C13H15NO5/c1-19-13(18)8(5-15)14-11(16)9-6-2-3-7(4-6)10(9)12(14)17/h2-3,6-10,15H,4-5H2,1H3/t6-,7-,8-,9+,10+/m0/s1. The Morgan fingerprint density at radius 3 is 2.32 bits per heavy atom. The number of rotatable bonds is 3. The summed E-state index contributed by atoms with van der Waals surface area (Å²) in [6.07, 6.45) is 4.79. The van der Waals surface area contributed by atoms with Crippen molar-refractivity contribution in [3.05, 3.63) is 12.2 Å². The fraction of sp³-hybridized carbons (Fsp3) is 0.615. The van der Waals surface area contributed by atoms with E-state index in [9.17, 15) is 19.5 Å². The minimum absolute atomic E-state index is 0.0911. The Morgan fingerprint density at radius 1 is 1.37 bits per heavy atom. The SMILES string of the molecule is COC(=O)[C@H](CO)N1C(=O)[C@H]2[C@H](C1=O)[C@H]1C=C[C@H]2C1. The summed E-state index contributed by atoms with van der Waals surface area (Å²) >= 11 is 0. The van der Waals surface area contributed by atoms with E-state index in [2.05, 4.69) is 4.74 Å². The van der Waals surface area contributed by atoms with Gasteiger partial charge in [-0.25, -0.2) is 4.79 Å². The number of aliphatic hydroxyl groups excluding tert-OH is 1. The van der Waals surface area contributed by atoms with Gasteiger partial charge >= 0.3 is 5.97 Å². The Bertz CT molecular complexity index is 455. The second kappa shape index (κ2) is 4.16. The Kier molecular flexibility index (Phi) is 2.70. The van der Waals surface area contributed by atoms with Gasteiger partial charge in [0, 0.05) is 0 Å². The van der Waals surface area contributed by atoms with Gasteiger partial charge in [0.2, 0.25) is 11.8 Å². The number of amides is 2. The van der Waals surface area contributed by atoms with E-state index in [4.69, 9.17) is 0 Å². The van der Waals surface area contributed by atoms with Crippen LogP contribution in [0.4, 0.5) is 0 Å². The summed E-state index contributed by atoms with van der Waals surface area (Å²) in [4.78, 5) is 37.2. The third kappa shape index (κ3) is 1.49. The van der Waals surface area contributed by atoms with Gasteiger partial charge in [-0.15, -0.1) is 0 Å². The van der Waals surface area contributed by atoms with Crippen LogP contribution in [0.25, 0.3) is 0 Å². The third-order valence-corrected chi connectivity index (χ3v) is 4.46. The molecule has 1 saturated carbocycles. The van der Waals surface area contributed by atoms with Crippen molar-refractivity contribution in [2.75, 3.05) is 13.7 Å². The van der Waals surface area contributed by atoms with Crippen molar-refractivity contribution in [1.82, 2.24) is 4.90 Å². The summed E-state index contributed by atoms with van der Waals surface area (Å²) in [6, 6.07) is -1.21. The van der Waals surface area contributed by atoms with Crippen molar-refractivity contribution in [1.29, 1.82) is 0 Å². The smallest absolute Gasteiger partial charge is 0.331 e. The zero-order chi connectivity index (χ0) is 13.7. The minimum Gasteiger partial charge on any atom is -0.467 e. The van der Waals surface area contributed by atoms with E-state index >= 15 is 0 Å². The molecule has 102 valence electrons. The van der Waals surface area contributed by atoms with Gasteiger partial charge in [-0.1, -0.05) is 12.2 Å². The summed E-state index contributed by atoms with van der Waals surface area (Å²) in [5.74, 6) is -2.00. The van der Waals surface area contributed by atoms with Crippen LogP contribution in [0.15, 0.2) is 12.2 Å². The molecule has 2 bridgehead atoms. The molecule has 0 aromatic carbocycles. The lowest BCUT2D eigenvalue weighted by Crippen LogP contribution is -2.48. The Balaban J connectivity index is 1.91. The Morgan fingerprint density at radius 2 is 1.89 bits per heavy atom. The van der Waals surface area contributed by atoms with E-state index in [1.807, 2.05) is 12.2 Å². The second-order valence-corrected chi connectivity index (χ2v) is 5.27. The summed E-state index contributed by atoms with van der Waals surface area (Å²) in [5.41, 5.74) is 0. The monoisotopic (exact) mass is 265 g/mol. The largest absolute Gasteiger partial charge is 0.467 e. The molecule has 1 heterocycles. The maximum Gasteiger partial charge on any atom is 0.331 e. The molecule has 19 heavy (non-hydrogen) atoms. The van der Waals surface area contributed by atoms with Crippen molar-refractivity contribution in [2.45, 2.75) is 12.5 Å². The first-order chi connectivity index (χ1) is 9.10. The number of likely N-dealkylation sites (tertiary alicyclic amines) is 1. The van der Waals surface area contributed by atoms with E-state index in [1.165, 1.54) is 7.11 Å². The molecule has 6 nitrogen and oxygen atoms in total. The number of hydrogen-bond acceptors (Lipinski definition) is 5. The zero-order valence-electron chi connectivity index (χ0n) is 10.5. The summed E-state index contributed by atoms with van der Waals surface area (Å²) < 4.78 is 4.54. The highest BCUT2D eigenvalue weighted by Gasteiger charge is 2.61. The number of ether oxygens (including phenoxy) is 1. The van der Waals surface area contributed by atoms with E-state index < -0.39 is 18.6 Å². The van der Waals surface area contributed by atoms with Gasteiger partial charge in [-0.05, 0) is 18.3 Å². The van der Waals surface area contributed by atoms with Crippen molar-refractivity contribution in [3.8, 4) is 0 Å². The molecule has 0 spiro atoms. The number of carbonyl (C=O) groups is 3. The van der Waals surface area contributed by atoms with Crippen molar-refractivity contribution >= 4 is 17.8 Å². The van der Waals surface area contributed by atoms with Crippen molar-refractivity contribution < 1.29 is 24.2 Å². The molecule has 2 fully saturated rings. The molecule has 0 unspecified atom stereocenters. The lowest BCUT2D eigenvalue weighted by Gasteiger charge is -2.23. The molecule has 2 aliphatic carbocycles. The summed E-state index contributed by atoms with van der Waals surface area (Å²) in [7, 11) is 1.17. The first-order valence-electron chi connectivity index (χ1n) is 6.34. The summed E-state index contributed by atoms with van der Waals surface area (Å²) in [6.45, 7) is -0.605. The highest BCUT2D eigenvalue weighted by Crippen LogP contribution is 2.52. The first kappa shape index (κ1) is 12.3. The third-order valence-electron chi connectivity index (χ3n) is 4.46. The fourth-order valence-corrected chi connectivity index (χ4v) is 3.63. The van der Waals surface area contributed by atoms with Gasteiger partial charge in [0.15, 0.2) is 6.04 Å². The number of aliphatic hydroxyl groups is 1. The molecule has 0 aromatic heterocycles. The topological polar surface area (TPSA) is 83.9 Å². The summed E-state index contributed by atoms with van der Waals surface area (Å²) in [5, 5.41) is 9.27. The normalized spacial score (nSPS) is 36.8. The molecule has 0 aromatic rings. The Labute approximate surface area is 110 Å². The first-order valence-corrected chi connectivity index (χ1v) is 6.34. The number of carbonyl (C=O) groups excluding carboxylic acids is 3. The van der Waals surface area contributed by atoms with Crippen LogP contribution in [-0.2, 0) is 19.1 Å². The molecule has 2 amide bonds. The van der Waals surface area contributed by atoms with Gasteiger partial charge < -0.3 is 9.84 Å². The maximum absolute atomic E-state index is 12.4. The van der Waals surface area contributed by atoms with Crippen LogP contribution in [0.1, 0.15) is 6.42 Å². The number of fused-ring (bicyclic) bond motifs is 5. The lowest BCUT2D eigenvalue weighted by atomic mass is 9.85. The predicted molar refractivity (Wildman–Crippen MR) is 62.5 cm³/mol. The van der Waals surface area contributed by atoms with Gasteiger partial charge in [0.25, 0.3) is 0 Å². The lowest BCUT2D eigenvalue weighted by molar-refractivity contribution is -0.159. The van der Waals surface area contributed by atoms with E-state index in [1.54, 1.807) is 0 Å². The number of nitrogens with zero attached hydrogens (tertiary/aromatic N) is 1. The number of methoxy groups -OCH3 is 1. The van der Waals surface area contributed by atoms with Crippen LogP contribution in [0.5, 0.6) is 0 Å². The number of esters is 1. The van der Waals surface area contributed by atoms with Crippen molar-refractivity contribution in [3.63, 3.8) is 0 Å². The molecular weight excluding hydrogens is 250 g/mol. The highest BCUT2D eigenvalue weighted by atomic mass is 16.5. The van der Waals surface area contributed by atoms with Gasteiger partial charge in [-0.3, -0.25) is 14.5 Å². The van der Waals surface area contributed by atoms with Gasteiger partial charge in [-0.2, -0.15) is 0 Å². The number of allylic oxidation sites excluding steroid dienone is 2. The molecular formula is C13H15NO5. The minimum atomic E-state index is -1.21. The van der Waals surface area contributed by atoms with E-state index in [0.717, 1.165) is 11.3 Å². The van der Waals surface area contributed by atoms with Crippen LogP contribution in [0, 0.1) is 23.7 Å². The van der Waals surface area contributed by atoms with Crippen LogP contribution in [-0.4, -0.2) is 47.5 Å². The molecule has 1 saturated heterocycles. The van der Waals surface area contributed by atoms with Crippen LogP contribution in [0.2, 0.25) is 0 Å². The molecule has 1 aliphatic heterocycles. The quantitative estimate of drug-likeness (QED) is 0.415. The molecule has 6 heteroatoms. The molecule has 3 rings (SSSR count). The van der Waals surface area contributed by atoms with Crippen molar-refractivity contribution in [2.24, 2.45) is 23.7 Å². The van der Waals surface area contributed by atoms with Crippen LogP contribution < -0.4 is 0 Å². The molecule has 0 radical (unpaired) electrons. The van der Waals surface area contributed by atoms with Gasteiger partial charge in [0.05, 0.1) is 25.6 Å². The Hall–Kier alpha value is -1.69. The van der Waals surface area contributed by atoms with E-state index in [-0.39, 0.29) is 35.5 Å². The van der Waals surface area contributed by atoms with Gasteiger partial charge in [0.1, 0.15) is 0 Å². The van der Waals surface area contributed by atoms with Crippen LogP contribution >= 0.6 is 0 Å². The van der Waals surface area contributed by atoms with E-state index in [0.29, 0.717) is 0 Å². The second-order valence-electron chi connectivity index (χ2n) is 5.27. The predicted octanol–water partition coefficient (Wildman–Crippen LogP) is -0.673. The fourth-order valence-electron chi connectivity index (χ4n) is 3.63. The average Bonchev–Trinajstić information content (AvgIpc) is 3.07. The average molecular weight is 265 g/mol. The molecule has 5 atom stereocenters. The van der Waals surface area contributed by atoms with Crippen LogP contribution in [0.3, 0.4) is 0 Å². The maximum atomic E-state index is 12.4.